The van der Waals surface area contributed by atoms with Crippen molar-refractivity contribution in [3.63, 3.8) is 0 Å². The first-order valence-corrected chi connectivity index (χ1v) is 7.98. The Kier molecular flexibility index (Phi) is 7.45. The molecule has 4 nitrogen and oxygen atoms in total. The van der Waals surface area contributed by atoms with Crippen LogP contribution in [0.3, 0.4) is 0 Å². The standard InChI is InChI=1S/C18H27N3O/c1-5-11-21(12-6-2)18(22)16(14-19)13-15-7-9-17(10-8-15)20(3)4/h7-10,16H,5-6,11-13H2,1-4H3. The average Bonchev–Trinajstić information content (AvgIpc) is 2.52. The molecule has 0 saturated carbocycles. The topological polar surface area (TPSA) is 47.3 Å². The third-order valence-electron chi connectivity index (χ3n) is 3.65. The zero-order chi connectivity index (χ0) is 16.5. The molecule has 0 radical (unpaired) electrons. The molecular formula is C18H27N3O. The Morgan fingerprint density at radius 2 is 1.68 bits per heavy atom. The number of anilines is 1. The van der Waals surface area contributed by atoms with E-state index in [1.54, 1.807) is 0 Å². The van der Waals surface area contributed by atoms with Gasteiger partial charge >= 0.3 is 0 Å². The minimum absolute atomic E-state index is 0.0390. The van der Waals surface area contributed by atoms with Crippen LogP contribution in [0, 0.1) is 17.2 Å². The molecule has 0 aliphatic carbocycles. The second kappa shape index (κ2) is 9.09. The molecule has 0 N–H and O–H groups in total. The molecule has 120 valence electrons. The largest absolute Gasteiger partial charge is 0.378 e. The van der Waals surface area contributed by atoms with Crippen LogP contribution in [-0.4, -0.2) is 38.0 Å². The number of nitrogens with zero attached hydrogens (tertiary/aromatic N) is 3. The summed E-state index contributed by atoms with van der Waals surface area (Å²) in [5, 5.41) is 9.38. The molecule has 1 aromatic rings. The molecule has 1 aromatic carbocycles. The zero-order valence-electron chi connectivity index (χ0n) is 14.2. The maximum atomic E-state index is 12.5. The highest BCUT2D eigenvalue weighted by Gasteiger charge is 2.23. The zero-order valence-corrected chi connectivity index (χ0v) is 14.2. The van der Waals surface area contributed by atoms with Gasteiger partial charge in [0.2, 0.25) is 5.91 Å². The van der Waals surface area contributed by atoms with E-state index >= 15 is 0 Å². The van der Waals surface area contributed by atoms with E-state index in [-0.39, 0.29) is 5.91 Å². The van der Waals surface area contributed by atoms with Crippen molar-refractivity contribution in [2.24, 2.45) is 5.92 Å². The van der Waals surface area contributed by atoms with Crippen LogP contribution in [0.25, 0.3) is 0 Å². The van der Waals surface area contributed by atoms with Gasteiger partial charge in [-0.1, -0.05) is 26.0 Å². The predicted octanol–water partition coefficient (Wildman–Crippen LogP) is 3.08. The summed E-state index contributed by atoms with van der Waals surface area (Å²) in [4.78, 5) is 16.4. The Balaban J connectivity index is 2.78. The van der Waals surface area contributed by atoms with Gasteiger partial charge in [-0.3, -0.25) is 4.79 Å². The van der Waals surface area contributed by atoms with Crippen molar-refractivity contribution in [3.05, 3.63) is 29.8 Å². The fourth-order valence-electron chi connectivity index (χ4n) is 2.45. The molecule has 4 heteroatoms. The lowest BCUT2D eigenvalue weighted by Gasteiger charge is -2.24. The molecule has 0 saturated heterocycles. The van der Waals surface area contributed by atoms with Crippen molar-refractivity contribution < 1.29 is 4.79 Å². The molecule has 1 amide bonds. The maximum Gasteiger partial charge on any atom is 0.240 e. The first kappa shape index (κ1) is 18.0. The highest BCUT2D eigenvalue weighted by Crippen LogP contribution is 2.16. The van der Waals surface area contributed by atoms with Crippen molar-refractivity contribution in [3.8, 4) is 6.07 Å². The van der Waals surface area contributed by atoms with Crippen LogP contribution in [0.1, 0.15) is 32.3 Å². The summed E-state index contributed by atoms with van der Waals surface area (Å²) in [5.41, 5.74) is 2.14. The van der Waals surface area contributed by atoms with Gasteiger partial charge in [0.1, 0.15) is 5.92 Å². The average molecular weight is 301 g/mol. The van der Waals surface area contributed by atoms with Crippen LogP contribution in [0.5, 0.6) is 0 Å². The van der Waals surface area contributed by atoms with Crippen molar-refractivity contribution in [2.75, 3.05) is 32.1 Å². The number of hydrogen-bond donors (Lipinski definition) is 0. The summed E-state index contributed by atoms with van der Waals surface area (Å²) < 4.78 is 0. The van der Waals surface area contributed by atoms with Crippen LogP contribution >= 0.6 is 0 Å². The maximum absolute atomic E-state index is 12.5. The second-order valence-electron chi connectivity index (χ2n) is 5.77. The van der Waals surface area contributed by atoms with Gasteiger partial charge < -0.3 is 9.80 Å². The summed E-state index contributed by atoms with van der Waals surface area (Å²) >= 11 is 0. The molecule has 0 heterocycles. The van der Waals surface area contributed by atoms with Crippen LogP contribution in [-0.2, 0) is 11.2 Å². The number of amides is 1. The normalized spacial score (nSPS) is 11.6. The van der Waals surface area contributed by atoms with Gasteiger partial charge in [0, 0.05) is 32.9 Å². The minimum atomic E-state index is -0.594. The summed E-state index contributed by atoms with van der Waals surface area (Å²) in [7, 11) is 3.98. The van der Waals surface area contributed by atoms with Gasteiger partial charge in [-0.15, -0.1) is 0 Å². The lowest BCUT2D eigenvalue weighted by Crippen LogP contribution is -2.37. The van der Waals surface area contributed by atoms with E-state index < -0.39 is 5.92 Å². The van der Waals surface area contributed by atoms with Gasteiger partial charge in [-0.2, -0.15) is 5.26 Å². The van der Waals surface area contributed by atoms with E-state index in [9.17, 15) is 10.1 Å². The molecule has 1 unspecified atom stereocenters. The number of benzene rings is 1. The second-order valence-corrected chi connectivity index (χ2v) is 5.77. The lowest BCUT2D eigenvalue weighted by atomic mass is 9.98. The number of nitriles is 1. The third-order valence-corrected chi connectivity index (χ3v) is 3.65. The van der Waals surface area contributed by atoms with E-state index in [0.29, 0.717) is 6.42 Å². The van der Waals surface area contributed by atoms with E-state index in [0.717, 1.165) is 37.2 Å². The van der Waals surface area contributed by atoms with Gasteiger partial charge in [0.25, 0.3) is 0 Å². The molecule has 0 fully saturated rings. The molecule has 1 rings (SSSR count). The van der Waals surface area contributed by atoms with Crippen molar-refractivity contribution in [2.45, 2.75) is 33.1 Å². The smallest absolute Gasteiger partial charge is 0.240 e. The Morgan fingerprint density at radius 1 is 1.14 bits per heavy atom. The van der Waals surface area contributed by atoms with E-state index in [4.69, 9.17) is 0 Å². The van der Waals surface area contributed by atoms with Gasteiger partial charge in [0.05, 0.1) is 6.07 Å². The molecule has 0 aliphatic heterocycles. The summed E-state index contributed by atoms with van der Waals surface area (Å²) in [5.74, 6) is -0.633. The Labute approximate surface area is 134 Å². The first-order valence-electron chi connectivity index (χ1n) is 7.98. The highest BCUT2D eigenvalue weighted by atomic mass is 16.2. The van der Waals surface area contributed by atoms with E-state index in [1.807, 2.05) is 48.2 Å². The first-order chi connectivity index (χ1) is 10.5. The molecule has 1 atom stereocenters. The van der Waals surface area contributed by atoms with E-state index in [2.05, 4.69) is 19.9 Å². The fourth-order valence-corrected chi connectivity index (χ4v) is 2.45. The summed E-state index contributed by atoms with van der Waals surface area (Å²) in [6, 6.07) is 10.2. The van der Waals surface area contributed by atoms with Crippen molar-refractivity contribution in [1.82, 2.24) is 4.90 Å². The monoisotopic (exact) mass is 301 g/mol. The van der Waals surface area contributed by atoms with Crippen molar-refractivity contribution >= 4 is 11.6 Å². The molecule has 22 heavy (non-hydrogen) atoms. The van der Waals surface area contributed by atoms with Gasteiger partial charge in [-0.25, -0.2) is 0 Å². The van der Waals surface area contributed by atoms with Crippen LogP contribution in [0.15, 0.2) is 24.3 Å². The van der Waals surface area contributed by atoms with Gasteiger partial charge in [0.15, 0.2) is 0 Å². The van der Waals surface area contributed by atoms with Crippen LogP contribution in [0.2, 0.25) is 0 Å². The third kappa shape index (κ3) is 5.07. The molecular weight excluding hydrogens is 274 g/mol. The van der Waals surface area contributed by atoms with Gasteiger partial charge in [-0.05, 0) is 37.0 Å². The quantitative estimate of drug-likeness (QED) is 0.741. The fraction of sp³-hybridized carbons (Fsp3) is 0.556. The molecule has 0 aliphatic rings. The number of carbonyl (C=O) groups excluding carboxylic acids is 1. The summed E-state index contributed by atoms with van der Waals surface area (Å²) in [6.45, 7) is 5.56. The number of rotatable bonds is 8. The van der Waals surface area contributed by atoms with E-state index in [1.165, 1.54) is 0 Å². The Morgan fingerprint density at radius 3 is 2.09 bits per heavy atom. The van der Waals surface area contributed by atoms with Crippen LogP contribution < -0.4 is 4.90 Å². The van der Waals surface area contributed by atoms with Crippen LogP contribution in [0.4, 0.5) is 5.69 Å². The molecule has 0 aromatic heterocycles. The predicted molar refractivity (Wildman–Crippen MR) is 90.7 cm³/mol. The number of carbonyl (C=O) groups is 1. The number of hydrogen-bond acceptors (Lipinski definition) is 3. The van der Waals surface area contributed by atoms with Crippen molar-refractivity contribution in [1.29, 1.82) is 5.26 Å². The highest BCUT2D eigenvalue weighted by molar-refractivity contribution is 5.81. The minimum Gasteiger partial charge on any atom is -0.378 e. The SMILES string of the molecule is CCCN(CCC)C(=O)C(C#N)Cc1ccc(N(C)C)cc1. The molecule has 0 spiro atoms. The lowest BCUT2D eigenvalue weighted by molar-refractivity contribution is -0.133. The Bertz CT molecular complexity index is 496. The molecule has 0 bridgehead atoms. The summed E-state index contributed by atoms with van der Waals surface area (Å²) in [6.07, 6.45) is 2.32. The Hall–Kier alpha value is -2.02.